The molecule has 2 amide bonds. The molecule has 1 saturated heterocycles. The molecule has 0 radical (unpaired) electrons. The van der Waals surface area contributed by atoms with Crippen molar-refractivity contribution in [2.45, 2.75) is 6.54 Å². The first kappa shape index (κ1) is 20.8. The Morgan fingerprint density at radius 1 is 1.03 bits per heavy atom. The number of carbonyl (C=O) groups is 2. The van der Waals surface area contributed by atoms with Gasteiger partial charge >= 0.3 is 0 Å². The molecule has 8 nitrogen and oxygen atoms in total. The number of aromatic nitrogens is 3. The Balaban J connectivity index is 1.41. The van der Waals surface area contributed by atoms with Crippen molar-refractivity contribution in [2.75, 3.05) is 26.3 Å². The minimum absolute atomic E-state index is 0.0291. The van der Waals surface area contributed by atoms with Crippen LogP contribution in [-0.4, -0.2) is 58.5 Å². The second-order valence-corrected chi connectivity index (χ2v) is 7.85. The molecule has 8 heteroatoms. The lowest BCUT2D eigenvalue weighted by atomic mass is 10.1. The first-order valence-corrected chi connectivity index (χ1v) is 10.8. The second kappa shape index (κ2) is 9.22. The first-order chi connectivity index (χ1) is 16.2. The van der Waals surface area contributed by atoms with Crippen molar-refractivity contribution in [2.24, 2.45) is 0 Å². The predicted molar refractivity (Wildman–Crippen MR) is 124 cm³/mol. The topological polar surface area (TPSA) is 100 Å². The molecule has 2 N–H and O–H groups in total. The molecule has 1 aliphatic rings. The largest absolute Gasteiger partial charge is 0.378 e. The smallest absolute Gasteiger partial charge is 0.254 e. The highest BCUT2D eigenvalue weighted by Gasteiger charge is 2.18. The molecule has 3 heterocycles. The van der Waals surface area contributed by atoms with Crippen molar-refractivity contribution < 1.29 is 14.3 Å². The Kier molecular flexibility index (Phi) is 5.82. The maximum Gasteiger partial charge on any atom is 0.254 e. The Hall–Kier alpha value is -4.04. The molecule has 5 rings (SSSR count). The zero-order valence-electron chi connectivity index (χ0n) is 18.0. The minimum atomic E-state index is 0.0291. The molecule has 1 aliphatic heterocycles. The number of hydrogen-bond donors (Lipinski definition) is 2. The fourth-order valence-corrected chi connectivity index (χ4v) is 4.01. The minimum Gasteiger partial charge on any atom is -0.378 e. The lowest BCUT2D eigenvalue weighted by molar-refractivity contribution is -0.109. The fraction of sp³-hybridized carbons (Fsp3) is 0.200. The molecule has 2 aromatic heterocycles. The number of nitrogens with one attached hydrogen (secondary N) is 2. The van der Waals surface area contributed by atoms with Crippen molar-refractivity contribution in [3.63, 3.8) is 0 Å². The van der Waals surface area contributed by atoms with Crippen LogP contribution in [0.25, 0.3) is 33.5 Å². The van der Waals surface area contributed by atoms with Gasteiger partial charge in [0.1, 0.15) is 12.0 Å². The van der Waals surface area contributed by atoms with Gasteiger partial charge in [0.2, 0.25) is 6.41 Å². The van der Waals surface area contributed by atoms with Crippen molar-refractivity contribution >= 4 is 23.4 Å². The number of H-pyrrole nitrogens is 1. The van der Waals surface area contributed by atoms with Gasteiger partial charge in [-0.25, -0.2) is 9.97 Å². The van der Waals surface area contributed by atoms with Crippen LogP contribution in [0.5, 0.6) is 0 Å². The molecule has 33 heavy (non-hydrogen) atoms. The van der Waals surface area contributed by atoms with Gasteiger partial charge in [-0.3, -0.25) is 9.59 Å². The Morgan fingerprint density at radius 3 is 2.48 bits per heavy atom. The van der Waals surface area contributed by atoms with Gasteiger partial charge in [0.15, 0.2) is 0 Å². The average molecular weight is 441 g/mol. The molecule has 0 atom stereocenters. The van der Waals surface area contributed by atoms with E-state index in [1.807, 2.05) is 59.5 Å². The van der Waals surface area contributed by atoms with E-state index in [2.05, 4.69) is 20.3 Å². The van der Waals surface area contributed by atoms with Crippen LogP contribution in [0.15, 0.2) is 60.9 Å². The van der Waals surface area contributed by atoms with Crippen LogP contribution >= 0.6 is 0 Å². The highest BCUT2D eigenvalue weighted by atomic mass is 16.5. The number of ether oxygens (including phenoxy) is 1. The summed E-state index contributed by atoms with van der Waals surface area (Å²) in [5, 5.41) is 3.58. The van der Waals surface area contributed by atoms with E-state index in [1.54, 1.807) is 6.33 Å². The second-order valence-electron chi connectivity index (χ2n) is 7.85. The molecular formula is C25H23N5O3. The Labute approximate surface area is 190 Å². The molecule has 4 aromatic rings. The number of nitrogens with zero attached hydrogens (tertiary/aromatic N) is 3. The van der Waals surface area contributed by atoms with Crippen LogP contribution < -0.4 is 5.32 Å². The van der Waals surface area contributed by atoms with E-state index in [0.29, 0.717) is 44.8 Å². The average Bonchev–Trinajstić information content (AvgIpc) is 3.33. The number of amides is 2. The van der Waals surface area contributed by atoms with E-state index in [-0.39, 0.29) is 5.91 Å². The van der Waals surface area contributed by atoms with Crippen LogP contribution in [0, 0.1) is 0 Å². The van der Waals surface area contributed by atoms with Gasteiger partial charge in [-0.2, -0.15) is 0 Å². The quantitative estimate of drug-likeness (QED) is 0.448. The third-order valence-corrected chi connectivity index (χ3v) is 5.78. The number of fused-ring (bicyclic) bond motifs is 1. The summed E-state index contributed by atoms with van der Waals surface area (Å²) < 4.78 is 5.33. The molecule has 2 aromatic carbocycles. The zero-order valence-corrected chi connectivity index (χ0v) is 18.0. The molecular weight excluding hydrogens is 418 g/mol. The summed E-state index contributed by atoms with van der Waals surface area (Å²) in [6, 6.07) is 17.6. The molecule has 1 fully saturated rings. The first-order valence-electron chi connectivity index (χ1n) is 10.8. The summed E-state index contributed by atoms with van der Waals surface area (Å²) in [7, 11) is 0. The maximum atomic E-state index is 12.7. The van der Waals surface area contributed by atoms with Gasteiger partial charge in [-0.1, -0.05) is 36.4 Å². The van der Waals surface area contributed by atoms with E-state index in [9.17, 15) is 9.59 Å². The van der Waals surface area contributed by atoms with Crippen LogP contribution in [0.4, 0.5) is 0 Å². The molecule has 0 bridgehead atoms. The van der Waals surface area contributed by atoms with E-state index in [4.69, 9.17) is 4.74 Å². The van der Waals surface area contributed by atoms with Gasteiger partial charge in [0.25, 0.3) is 5.91 Å². The monoisotopic (exact) mass is 441 g/mol. The fourth-order valence-electron chi connectivity index (χ4n) is 4.01. The van der Waals surface area contributed by atoms with E-state index in [1.165, 1.54) is 0 Å². The highest BCUT2D eigenvalue weighted by molar-refractivity contribution is 5.96. The molecule has 0 saturated carbocycles. The number of carbonyl (C=O) groups excluding carboxylic acids is 2. The number of rotatable bonds is 6. The van der Waals surface area contributed by atoms with E-state index in [0.717, 1.165) is 39.1 Å². The molecule has 0 spiro atoms. The zero-order chi connectivity index (χ0) is 22.6. The number of aromatic amines is 1. The number of morpholine rings is 1. The SMILES string of the molecule is O=CNCc1ccc(-c2ncnc3[nH]c(-c4ccc(C(=O)N5CCOCC5)cc4)cc23)cc1. The van der Waals surface area contributed by atoms with Crippen molar-refractivity contribution in [3.8, 4) is 22.5 Å². The van der Waals surface area contributed by atoms with E-state index < -0.39 is 0 Å². The molecule has 0 unspecified atom stereocenters. The van der Waals surface area contributed by atoms with Crippen LogP contribution in [0.3, 0.4) is 0 Å². The summed E-state index contributed by atoms with van der Waals surface area (Å²) in [6.45, 7) is 2.90. The Bertz CT molecular complexity index is 1280. The summed E-state index contributed by atoms with van der Waals surface area (Å²) in [5.41, 5.74) is 6.09. The lowest BCUT2D eigenvalue weighted by Gasteiger charge is -2.26. The third kappa shape index (κ3) is 4.33. The predicted octanol–water partition coefficient (Wildman–Crippen LogP) is 3.01. The van der Waals surface area contributed by atoms with Crippen molar-refractivity contribution in [1.82, 2.24) is 25.2 Å². The normalized spacial score (nSPS) is 13.8. The van der Waals surface area contributed by atoms with Gasteiger partial charge in [-0.05, 0) is 29.3 Å². The van der Waals surface area contributed by atoms with Crippen LogP contribution in [-0.2, 0) is 16.1 Å². The van der Waals surface area contributed by atoms with Gasteiger partial charge in [0.05, 0.1) is 18.9 Å². The molecule has 0 aliphatic carbocycles. The van der Waals surface area contributed by atoms with Crippen molar-refractivity contribution in [1.29, 1.82) is 0 Å². The standard InChI is InChI=1S/C25H23N5O3/c31-16-26-14-17-1-3-19(4-2-17)23-21-13-22(29-24(21)28-15-27-23)18-5-7-20(8-6-18)25(32)30-9-11-33-12-10-30/h1-8,13,15-16H,9-12,14H2,(H,26,31)(H,27,28,29). The number of hydrogen-bond acceptors (Lipinski definition) is 5. The number of benzene rings is 2. The summed E-state index contributed by atoms with van der Waals surface area (Å²) >= 11 is 0. The highest BCUT2D eigenvalue weighted by Crippen LogP contribution is 2.30. The lowest BCUT2D eigenvalue weighted by Crippen LogP contribution is -2.40. The van der Waals surface area contributed by atoms with Crippen LogP contribution in [0.1, 0.15) is 15.9 Å². The van der Waals surface area contributed by atoms with Gasteiger partial charge in [-0.15, -0.1) is 0 Å². The summed E-state index contributed by atoms with van der Waals surface area (Å²) in [6.07, 6.45) is 2.23. The third-order valence-electron chi connectivity index (χ3n) is 5.78. The van der Waals surface area contributed by atoms with Gasteiger partial charge in [0, 0.05) is 41.8 Å². The maximum absolute atomic E-state index is 12.7. The Morgan fingerprint density at radius 2 is 1.76 bits per heavy atom. The van der Waals surface area contributed by atoms with Crippen molar-refractivity contribution in [3.05, 3.63) is 72.1 Å². The molecule has 166 valence electrons. The van der Waals surface area contributed by atoms with E-state index >= 15 is 0 Å². The van der Waals surface area contributed by atoms with Gasteiger partial charge < -0.3 is 19.9 Å². The summed E-state index contributed by atoms with van der Waals surface area (Å²) in [5.74, 6) is 0.0291. The summed E-state index contributed by atoms with van der Waals surface area (Å²) in [4.78, 5) is 37.3. The van der Waals surface area contributed by atoms with Crippen LogP contribution in [0.2, 0.25) is 0 Å².